The first-order valence-electron chi connectivity index (χ1n) is 10.2. The molecule has 2 aliphatic rings. The van der Waals surface area contributed by atoms with Gasteiger partial charge in [0.1, 0.15) is 17.4 Å². The van der Waals surface area contributed by atoms with E-state index in [1.165, 1.54) is 30.6 Å². The molecule has 0 saturated carbocycles. The molecule has 1 fully saturated rings. The number of esters is 1. The number of halogens is 1. The van der Waals surface area contributed by atoms with Crippen LogP contribution >= 0.6 is 11.3 Å². The van der Waals surface area contributed by atoms with Crippen molar-refractivity contribution in [2.45, 2.75) is 18.5 Å². The number of nitrogens with one attached hydrogen (secondary N) is 1. The average Bonchev–Trinajstić information content (AvgIpc) is 3.34. The standard InChI is InChI=1S/C22H23FN4O5S/c1-22(13-3-5-14(23)6-4-13)17(21(30)31-2)15(25-18(26-22)19-24-7-10-33-19)11-27-8-9-32-12-16(27)20(28)29/h3-7,10,16H,8-9,11-12H2,1-2H3,(H,25,26)(H,28,29)/t16-,22-/m0/s1. The molecule has 2 atom stereocenters. The minimum Gasteiger partial charge on any atom is -0.480 e. The zero-order chi connectivity index (χ0) is 23.6. The number of nitrogens with zero attached hydrogens (tertiary/aromatic N) is 3. The molecule has 0 unspecified atom stereocenters. The smallest absolute Gasteiger partial charge is 0.338 e. The van der Waals surface area contributed by atoms with Gasteiger partial charge >= 0.3 is 11.9 Å². The summed E-state index contributed by atoms with van der Waals surface area (Å²) in [6.45, 7) is 2.64. The molecule has 174 valence electrons. The predicted molar refractivity (Wildman–Crippen MR) is 118 cm³/mol. The minimum atomic E-state index is -1.23. The molecule has 0 aliphatic carbocycles. The number of thiazole rings is 1. The predicted octanol–water partition coefficient (Wildman–Crippen LogP) is 1.76. The summed E-state index contributed by atoms with van der Waals surface area (Å²) in [6, 6.07) is 4.88. The van der Waals surface area contributed by atoms with Crippen LogP contribution in [-0.4, -0.2) is 72.2 Å². The number of hydrogen-bond acceptors (Lipinski definition) is 9. The largest absolute Gasteiger partial charge is 0.480 e. The highest BCUT2D eigenvalue weighted by atomic mass is 32.1. The molecule has 2 N–H and O–H groups in total. The summed E-state index contributed by atoms with van der Waals surface area (Å²) in [6.07, 6.45) is 1.64. The van der Waals surface area contributed by atoms with Crippen LogP contribution in [0.1, 0.15) is 17.5 Å². The lowest BCUT2D eigenvalue weighted by molar-refractivity contribution is -0.149. The maximum atomic E-state index is 13.7. The van der Waals surface area contributed by atoms with E-state index < -0.39 is 29.3 Å². The van der Waals surface area contributed by atoms with Crippen molar-refractivity contribution in [3.8, 4) is 0 Å². The van der Waals surface area contributed by atoms with E-state index in [1.807, 2.05) is 0 Å². The number of rotatable bonds is 6. The summed E-state index contributed by atoms with van der Waals surface area (Å²) >= 11 is 1.37. The number of hydrogen-bond donors (Lipinski definition) is 2. The second-order valence-electron chi connectivity index (χ2n) is 7.75. The fraction of sp³-hybridized carbons (Fsp3) is 0.364. The number of aromatic nitrogens is 1. The molecule has 9 nitrogen and oxygen atoms in total. The number of carboxylic acids is 1. The van der Waals surface area contributed by atoms with Crippen molar-refractivity contribution in [1.29, 1.82) is 0 Å². The molecule has 2 aromatic rings. The van der Waals surface area contributed by atoms with Gasteiger partial charge in [-0.25, -0.2) is 19.2 Å². The fourth-order valence-corrected chi connectivity index (χ4v) is 4.61. The fourth-order valence-electron chi connectivity index (χ4n) is 4.03. The van der Waals surface area contributed by atoms with Gasteiger partial charge in [-0.3, -0.25) is 9.69 Å². The molecule has 1 aromatic carbocycles. The van der Waals surface area contributed by atoms with Gasteiger partial charge < -0.3 is 19.9 Å². The Morgan fingerprint density at radius 2 is 2.15 bits per heavy atom. The van der Waals surface area contributed by atoms with E-state index in [2.05, 4.69) is 10.3 Å². The summed E-state index contributed by atoms with van der Waals surface area (Å²) < 4.78 is 24.1. The first-order valence-corrected chi connectivity index (χ1v) is 11.1. The summed E-state index contributed by atoms with van der Waals surface area (Å²) in [7, 11) is 1.27. The Labute approximate surface area is 193 Å². The zero-order valence-electron chi connectivity index (χ0n) is 18.1. The highest BCUT2D eigenvalue weighted by Gasteiger charge is 2.43. The van der Waals surface area contributed by atoms with Crippen LogP contribution in [0.25, 0.3) is 0 Å². The number of benzene rings is 1. The Morgan fingerprint density at radius 1 is 1.39 bits per heavy atom. The summed E-state index contributed by atoms with van der Waals surface area (Å²) in [4.78, 5) is 35.7. The summed E-state index contributed by atoms with van der Waals surface area (Å²) in [5.74, 6) is -1.62. The third-order valence-corrected chi connectivity index (χ3v) is 6.49. The number of aliphatic imine (C=N–C) groups is 1. The lowest BCUT2D eigenvalue weighted by Crippen LogP contribution is -2.53. The first-order chi connectivity index (χ1) is 15.8. The Kier molecular flexibility index (Phi) is 6.54. The molecule has 0 radical (unpaired) electrons. The average molecular weight is 475 g/mol. The molecular weight excluding hydrogens is 451 g/mol. The molecule has 1 aromatic heterocycles. The number of morpholine rings is 1. The monoisotopic (exact) mass is 474 g/mol. The SMILES string of the molecule is COC(=O)C1=C(CN2CCOC[C@H]2C(=O)O)NC(c2nccs2)=N[C@@]1(C)c1ccc(F)cc1. The number of ether oxygens (including phenoxy) is 2. The Balaban J connectivity index is 1.85. The van der Waals surface area contributed by atoms with Crippen LogP contribution in [-0.2, 0) is 24.6 Å². The van der Waals surface area contributed by atoms with E-state index in [0.717, 1.165) is 0 Å². The second-order valence-corrected chi connectivity index (χ2v) is 8.64. The van der Waals surface area contributed by atoms with Gasteiger partial charge in [-0.1, -0.05) is 12.1 Å². The van der Waals surface area contributed by atoms with Crippen molar-refractivity contribution in [2.24, 2.45) is 4.99 Å². The van der Waals surface area contributed by atoms with Crippen molar-refractivity contribution in [3.05, 3.63) is 63.5 Å². The lowest BCUT2D eigenvalue weighted by Gasteiger charge is -2.38. The normalized spacial score (nSPS) is 23.6. The van der Waals surface area contributed by atoms with E-state index >= 15 is 0 Å². The number of aliphatic carboxylic acids is 1. The second kappa shape index (κ2) is 9.38. The molecule has 0 amide bonds. The third-order valence-electron chi connectivity index (χ3n) is 5.71. The topological polar surface area (TPSA) is 113 Å². The van der Waals surface area contributed by atoms with Crippen LogP contribution in [0, 0.1) is 5.82 Å². The Bertz CT molecular complexity index is 1100. The Morgan fingerprint density at radius 3 is 2.79 bits per heavy atom. The maximum Gasteiger partial charge on any atom is 0.338 e. The van der Waals surface area contributed by atoms with E-state index in [4.69, 9.17) is 14.5 Å². The molecular formula is C22H23FN4O5S. The van der Waals surface area contributed by atoms with Crippen molar-refractivity contribution in [2.75, 3.05) is 33.4 Å². The molecule has 11 heteroatoms. The third kappa shape index (κ3) is 4.52. The van der Waals surface area contributed by atoms with Gasteiger partial charge in [-0.15, -0.1) is 11.3 Å². The van der Waals surface area contributed by atoms with Gasteiger partial charge in [0.2, 0.25) is 0 Å². The Hall–Kier alpha value is -3.15. The molecule has 3 heterocycles. The van der Waals surface area contributed by atoms with Crippen LogP contribution in [0.3, 0.4) is 0 Å². The molecule has 33 heavy (non-hydrogen) atoms. The number of carbonyl (C=O) groups excluding carboxylic acids is 1. The molecule has 1 saturated heterocycles. The van der Waals surface area contributed by atoms with Gasteiger partial charge in [0.25, 0.3) is 0 Å². The van der Waals surface area contributed by atoms with E-state index in [-0.39, 0.29) is 18.7 Å². The first kappa shape index (κ1) is 23.0. The van der Waals surface area contributed by atoms with Crippen LogP contribution < -0.4 is 5.32 Å². The molecule has 0 bridgehead atoms. The lowest BCUT2D eigenvalue weighted by atomic mass is 9.82. The maximum absolute atomic E-state index is 13.7. The van der Waals surface area contributed by atoms with Crippen molar-refractivity contribution in [3.63, 3.8) is 0 Å². The van der Waals surface area contributed by atoms with Gasteiger partial charge in [0.05, 0.1) is 25.9 Å². The molecule has 4 rings (SSSR count). The number of carboxylic acid groups (broad SMARTS) is 1. The van der Waals surface area contributed by atoms with Crippen LogP contribution in [0.4, 0.5) is 4.39 Å². The highest BCUT2D eigenvalue weighted by molar-refractivity contribution is 7.11. The zero-order valence-corrected chi connectivity index (χ0v) is 18.9. The van der Waals surface area contributed by atoms with Crippen LogP contribution in [0.5, 0.6) is 0 Å². The minimum absolute atomic E-state index is 0.0405. The highest BCUT2D eigenvalue weighted by Crippen LogP contribution is 2.39. The quantitative estimate of drug-likeness (QED) is 0.609. The van der Waals surface area contributed by atoms with Crippen molar-refractivity contribution < 1.29 is 28.6 Å². The van der Waals surface area contributed by atoms with Gasteiger partial charge in [-0.2, -0.15) is 0 Å². The summed E-state index contributed by atoms with van der Waals surface area (Å²) in [5.41, 5.74) is 0.0107. The molecule has 0 spiro atoms. The number of carbonyl (C=O) groups is 2. The van der Waals surface area contributed by atoms with Gasteiger partial charge in [-0.05, 0) is 24.6 Å². The van der Waals surface area contributed by atoms with E-state index in [9.17, 15) is 19.1 Å². The van der Waals surface area contributed by atoms with E-state index in [0.29, 0.717) is 35.3 Å². The van der Waals surface area contributed by atoms with Crippen molar-refractivity contribution in [1.82, 2.24) is 15.2 Å². The van der Waals surface area contributed by atoms with E-state index in [1.54, 1.807) is 35.5 Å². The van der Waals surface area contributed by atoms with Crippen molar-refractivity contribution >= 4 is 29.1 Å². The number of methoxy groups -OCH3 is 1. The summed E-state index contributed by atoms with van der Waals surface area (Å²) in [5, 5.41) is 15.2. The van der Waals surface area contributed by atoms with Gasteiger partial charge in [0.15, 0.2) is 10.8 Å². The van der Waals surface area contributed by atoms with Crippen LogP contribution in [0.15, 0.2) is 52.1 Å². The van der Waals surface area contributed by atoms with Crippen LogP contribution in [0.2, 0.25) is 0 Å². The number of amidine groups is 1. The molecule has 2 aliphatic heterocycles. The van der Waals surface area contributed by atoms with Gasteiger partial charge in [0, 0.05) is 30.4 Å².